The first kappa shape index (κ1) is 9.77. The molecule has 0 aliphatic carbocycles. The first-order valence-electron chi connectivity index (χ1n) is 0.507. The second kappa shape index (κ2) is 5.59. The minimum absolute atomic E-state index is 0. The van der Waals surface area contributed by atoms with Gasteiger partial charge in [0.2, 0.25) is 0 Å². The zero-order valence-electron chi connectivity index (χ0n) is 1.99. The summed E-state index contributed by atoms with van der Waals surface area (Å²) in [4.78, 5) is 0. The molecule has 0 aromatic carbocycles. The molecule has 0 saturated heterocycles. The molecular formula is HCl4P. The fourth-order valence-corrected chi connectivity index (χ4v) is 0. The molecule has 0 aliphatic heterocycles. The third kappa shape index (κ3) is 28.5. The molecule has 0 amide bonds. The maximum absolute atomic E-state index is 4.87. The van der Waals surface area contributed by atoms with Crippen molar-refractivity contribution in [3.8, 4) is 0 Å². The molecule has 0 bridgehead atoms. The molecule has 0 heterocycles. The lowest BCUT2D eigenvalue weighted by atomic mass is 30.4. The van der Waals surface area contributed by atoms with Crippen LogP contribution in [0.25, 0.3) is 0 Å². The maximum atomic E-state index is 4.87. The molecular weight excluding hydrogens is 173 g/mol. The van der Waals surface area contributed by atoms with E-state index in [9.17, 15) is 0 Å². The summed E-state index contributed by atoms with van der Waals surface area (Å²) in [6.45, 7) is 0. The Kier molecular flexibility index (Phi) is 10.9. The fraction of sp³-hybridized carbons (Fsp3) is 0. The zero-order valence-corrected chi connectivity index (χ0v) is 5.97. The van der Waals surface area contributed by atoms with Crippen LogP contribution in [0, 0.1) is 0 Å². The summed E-state index contributed by atoms with van der Waals surface area (Å²) >= 11 is 14.6. The van der Waals surface area contributed by atoms with Crippen LogP contribution < -0.4 is 0 Å². The van der Waals surface area contributed by atoms with E-state index in [1.54, 1.807) is 0 Å². The Morgan fingerprint density at radius 2 is 1.00 bits per heavy atom. The predicted molar refractivity (Wildman–Crippen MR) is 31.7 cm³/mol. The Bertz CT molecular complexity index is 8.36. The molecule has 34 valence electrons. The molecule has 0 N–H and O–H groups in total. The number of halogens is 4. The van der Waals surface area contributed by atoms with Crippen LogP contribution in [0.4, 0.5) is 0 Å². The highest BCUT2D eigenvalue weighted by Crippen LogP contribution is 2.51. The number of rotatable bonds is 0. The van der Waals surface area contributed by atoms with Crippen LogP contribution in [0.1, 0.15) is 0 Å². The van der Waals surface area contributed by atoms with E-state index in [1.165, 1.54) is 0 Å². The van der Waals surface area contributed by atoms with E-state index < -0.39 is 5.98 Å². The van der Waals surface area contributed by atoms with Gasteiger partial charge in [-0.25, -0.2) is 0 Å². The van der Waals surface area contributed by atoms with Gasteiger partial charge in [-0.1, -0.05) is 33.7 Å². The first-order valence-corrected chi connectivity index (χ1v) is 4.56. The Hall–Kier alpha value is 1.59. The van der Waals surface area contributed by atoms with Crippen LogP contribution in [0.3, 0.4) is 0 Å². The minimum Gasteiger partial charge on any atom is -0.147 e. The zero-order chi connectivity index (χ0) is 3.58. The van der Waals surface area contributed by atoms with Crippen molar-refractivity contribution in [2.24, 2.45) is 0 Å². The fourth-order valence-electron chi connectivity index (χ4n) is 0. The summed E-state index contributed by atoms with van der Waals surface area (Å²) in [6, 6.07) is 0. The summed E-state index contributed by atoms with van der Waals surface area (Å²) in [5.74, 6) is -1.20. The molecule has 0 nitrogen and oxygen atoms in total. The first-order chi connectivity index (χ1) is 1.73. The topological polar surface area (TPSA) is 0 Å². The largest absolute Gasteiger partial charge is 0.179 e. The van der Waals surface area contributed by atoms with Crippen molar-refractivity contribution in [1.82, 2.24) is 0 Å². The molecule has 0 unspecified atom stereocenters. The number of hydrogen-bond donors (Lipinski definition) is 0. The highest BCUT2D eigenvalue weighted by atomic mass is 36.0. The SMILES string of the molecule is Cl.ClP(Cl)Cl. The van der Waals surface area contributed by atoms with Gasteiger partial charge in [0.15, 0.2) is 5.98 Å². The summed E-state index contributed by atoms with van der Waals surface area (Å²) in [5, 5.41) is 0. The van der Waals surface area contributed by atoms with Crippen molar-refractivity contribution in [2.75, 3.05) is 0 Å². The highest BCUT2D eigenvalue weighted by molar-refractivity contribution is 8.20. The normalized spacial score (nSPS) is 7.20. The predicted octanol–water partition coefficient (Wildman–Crippen LogP) is 3.35. The lowest BCUT2D eigenvalue weighted by molar-refractivity contribution is 4.58. The average Bonchev–Trinajstić information content (AvgIpc) is 0.811. The van der Waals surface area contributed by atoms with Gasteiger partial charge < -0.3 is 0 Å². The van der Waals surface area contributed by atoms with Crippen molar-refractivity contribution >= 4 is 52.1 Å². The second-order valence-corrected chi connectivity index (χ2v) is 5.17. The van der Waals surface area contributed by atoms with Gasteiger partial charge in [-0.3, -0.25) is 0 Å². The number of hydrogen-bond acceptors (Lipinski definition) is 0. The summed E-state index contributed by atoms with van der Waals surface area (Å²) in [5.41, 5.74) is 0. The molecule has 5 heteroatoms. The second-order valence-electron chi connectivity index (χ2n) is 0.192. The van der Waals surface area contributed by atoms with E-state index in [1.807, 2.05) is 0 Å². The molecule has 0 aliphatic rings. The van der Waals surface area contributed by atoms with Gasteiger partial charge in [0, 0.05) is 0 Å². The van der Waals surface area contributed by atoms with Gasteiger partial charge in [-0.15, -0.1) is 12.4 Å². The molecule has 0 atom stereocenters. The van der Waals surface area contributed by atoms with Gasteiger partial charge in [0.05, 0.1) is 0 Å². The lowest BCUT2D eigenvalue weighted by Gasteiger charge is -1.68. The van der Waals surface area contributed by atoms with Crippen LogP contribution in [0.15, 0.2) is 0 Å². The van der Waals surface area contributed by atoms with Gasteiger partial charge in [-0.05, 0) is 0 Å². The Morgan fingerprint density at radius 3 is 1.00 bits per heavy atom. The third-order valence-electron chi connectivity index (χ3n) is 0. The Morgan fingerprint density at radius 1 is 1.00 bits per heavy atom. The summed E-state index contributed by atoms with van der Waals surface area (Å²) in [7, 11) is 0. The van der Waals surface area contributed by atoms with Gasteiger partial charge >= 0.3 is 0 Å². The summed E-state index contributed by atoms with van der Waals surface area (Å²) < 4.78 is 0. The lowest BCUT2D eigenvalue weighted by Crippen LogP contribution is -0.958. The van der Waals surface area contributed by atoms with Crippen molar-refractivity contribution in [1.29, 1.82) is 0 Å². The van der Waals surface area contributed by atoms with E-state index in [4.69, 9.17) is 33.7 Å². The van der Waals surface area contributed by atoms with Gasteiger partial charge in [-0.2, -0.15) is 0 Å². The van der Waals surface area contributed by atoms with E-state index in [-0.39, 0.29) is 12.4 Å². The quantitative estimate of drug-likeness (QED) is 0.493. The van der Waals surface area contributed by atoms with Crippen molar-refractivity contribution in [3.05, 3.63) is 0 Å². The van der Waals surface area contributed by atoms with Gasteiger partial charge in [0.1, 0.15) is 0 Å². The van der Waals surface area contributed by atoms with Crippen LogP contribution in [-0.4, -0.2) is 0 Å². The van der Waals surface area contributed by atoms with Crippen molar-refractivity contribution < 1.29 is 0 Å². The van der Waals surface area contributed by atoms with E-state index >= 15 is 0 Å². The smallest absolute Gasteiger partial charge is 0.147 e. The van der Waals surface area contributed by atoms with Crippen LogP contribution in [-0.2, 0) is 0 Å². The maximum Gasteiger partial charge on any atom is 0.179 e. The van der Waals surface area contributed by atoms with Crippen LogP contribution >= 0.6 is 52.1 Å². The van der Waals surface area contributed by atoms with Crippen LogP contribution in [0.2, 0.25) is 0 Å². The monoisotopic (exact) mass is 172 g/mol. The highest BCUT2D eigenvalue weighted by Gasteiger charge is 1.80. The van der Waals surface area contributed by atoms with Crippen LogP contribution in [0.5, 0.6) is 0 Å². The van der Waals surface area contributed by atoms with Crippen molar-refractivity contribution in [3.63, 3.8) is 0 Å². The van der Waals surface area contributed by atoms with Gasteiger partial charge in [0.25, 0.3) is 0 Å². The minimum atomic E-state index is -1.20. The summed E-state index contributed by atoms with van der Waals surface area (Å²) in [6.07, 6.45) is 0. The van der Waals surface area contributed by atoms with E-state index in [0.717, 1.165) is 0 Å². The molecule has 0 aromatic rings. The molecule has 5 heavy (non-hydrogen) atoms. The molecule has 0 radical (unpaired) electrons. The average molecular weight is 174 g/mol. The molecule has 0 saturated carbocycles. The standard InChI is InChI=1S/Cl3P.ClH/c1-4(2)3;/h;1H. The molecule has 0 fully saturated rings. The molecule has 0 spiro atoms. The van der Waals surface area contributed by atoms with E-state index in [2.05, 4.69) is 0 Å². The molecule has 0 aromatic heterocycles. The third-order valence-corrected chi connectivity index (χ3v) is 0. The Balaban J connectivity index is 0. The van der Waals surface area contributed by atoms with Crippen molar-refractivity contribution in [2.45, 2.75) is 0 Å². The molecule has 0 rings (SSSR count). The Labute approximate surface area is 52.3 Å². The van der Waals surface area contributed by atoms with E-state index in [0.29, 0.717) is 0 Å².